The fourth-order valence-corrected chi connectivity index (χ4v) is 5.22. The molecule has 1 amide bonds. The Bertz CT molecular complexity index is 968. The maximum absolute atomic E-state index is 12.6. The fourth-order valence-electron chi connectivity index (χ4n) is 3.02. The number of nitrogens with zero attached hydrogens (tertiary/aromatic N) is 2. The normalized spacial score (nSPS) is 15.1. The molecule has 154 valence electrons. The number of hydrogen-bond donors (Lipinski definition) is 1. The summed E-state index contributed by atoms with van der Waals surface area (Å²) in [7, 11) is -3.50. The third kappa shape index (κ3) is 5.65. The van der Waals surface area contributed by atoms with Crippen molar-refractivity contribution >= 4 is 39.2 Å². The van der Waals surface area contributed by atoms with E-state index >= 15 is 0 Å². The highest BCUT2D eigenvalue weighted by molar-refractivity contribution is 7.99. The zero-order valence-electron chi connectivity index (χ0n) is 16.1. The number of ketones is 1. The second-order valence-corrected chi connectivity index (χ2v) is 9.70. The van der Waals surface area contributed by atoms with Gasteiger partial charge in [0.05, 0.1) is 10.8 Å². The number of carbonyl (C=O) groups is 2. The Kier molecular flexibility index (Phi) is 7.05. The van der Waals surface area contributed by atoms with Crippen LogP contribution in [-0.4, -0.2) is 48.2 Å². The molecule has 7 nitrogen and oxygen atoms in total. The van der Waals surface area contributed by atoms with E-state index in [-0.39, 0.29) is 22.3 Å². The molecule has 0 spiro atoms. The molecule has 0 radical (unpaired) electrons. The van der Waals surface area contributed by atoms with Gasteiger partial charge in [0.25, 0.3) is 0 Å². The maximum Gasteiger partial charge on any atom is 0.244 e. The van der Waals surface area contributed by atoms with Crippen LogP contribution in [0.4, 0.5) is 5.69 Å². The minimum atomic E-state index is -3.50. The van der Waals surface area contributed by atoms with Crippen LogP contribution in [-0.2, 0) is 14.8 Å². The number of pyridine rings is 1. The van der Waals surface area contributed by atoms with Crippen molar-refractivity contribution in [3.8, 4) is 0 Å². The molecular weight excluding hydrogens is 410 g/mol. The van der Waals surface area contributed by atoms with Gasteiger partial charge in [-0.2, -0.15) is 4.31 Å². The quantitative estimate of drug-likeness (QED) is 0.532. The van der Waals surface area contributed by atoms with Crippen LogP contribution in [0.25, 0.3) is 0 Å². The van der Waals surface area contributed by atoms with E-state index in [0.717, 1.165) is 19.3 Å². The molecule has 0 unspecified atom stereocenters. The van der Waals surface area contributed by atoms with Crippen LogP contribution in [0.5, 0.6) is 0 Å². The fraction of sp³-hybridized carbons (Fsp3) is 0.350. The van der Waals surface area contributed by atoms with E-state index in [4.69, 9.17) is 0 Å². The summed E-state index contributed by atoms with van der Waals surface area (Å²) in [6.45, 7) is 2.52. The molecular formula is C20H23N3O4S2. The summed E-state index contributed by atoms with van der Waals surface area (Å²) in [6, 6.07) is 9.86. The number of sulfonamides is 1. The highest BCUT2D eigenvalue weighted by Gasteiger charge is 2.26. The van der Waals surface area contributed by atoms with Gasteiger partial charge in [-0.3, -0.25) is 9.59 Å². The Morgan fingerprint density at radius 2 is 1.76 bits per heavy atom. The summed E-state index contributed by atoms with van der Waals surface area (Å²) in [4.78, 5) is 27.8. The van der Waals surface area contributed by atoms with Crippen molar-refractivity contribution in [2.24, 2.45) is 0 Å². The lowest BCUT2D eigenvalue weighted by Crippen LogP contribution is -2.35. The predicted molar refractivity (Wildman–Crippen MR) is 113 cm³/mol. The first-order valence-corrected chi connectivity index (χ1v) is 11.8. The van der Waals surface area contributed by atoms with Gasteiger partial charge < -0.3 is 5.32 Å². The topological polar surface area (TPSA) is 96.4 Å². The summed E-state index contributed by atoms with van der Waals surface area (Å²) in [5.74, 6) is -0.0577. The number of amides is 1. The molecule has 1 aliphatic rings. The molecule has 0 aliphatic carbocycles. The number of Topliss-reactive ketones (excluding diaryl/α,β-unsaturated/α-hetero) is 1. The van der Waals surface area contributed by atoms with Crippen LogP contribution in [0, 0.1) is 0 Å². The number of anilines is 1. The van der Waals surface area contributed by atoms with Gasteiger partial charge in [-0.25, -0.2) is 13.4 Å². The number of rotatable bonds is 7. The third-order valence-electron chi connectivity index (χ3n) is 4.54. The van der Waals surface area contributed by atoms with E-state index in [1.54, 1.807) is 36.4 Å². The highest BCUT2D eigenvalue weighted by Crippen LogP contribution is 2.23. The van der Waals surface area contributed by atoms with Crippen molar-refractivity contribution in [3.05, 3.63) is 48.2 Å². The molecule has 1 aromatic carbocycles. The Hall–Kier alpha value is -2.23. The van der Waals surface area contributed by atoms with Crippen molar-refractivity contribution in [1.29, 1.82) is 0 Å². The van der Waals surface area contributed by atoms with Crippen LogP contribution in [0.1, 0.15) is 36.5 Å². The standard InChI is InChI=1S/C20H23N3O4S2/c1-15(24)22-17-7-5-16(6-8-17)19(25)14-28-20-10-9-18(13-21-20)29(26,27)23-11-3-2-4-12-23/h5-10,13H,2-4,11-12,14H2,1H3,(H,22,24). The molecule has 2 aromatic rings. The maximum atomic E-state index is 12.6. The molecule has 3 rings (SSSR count). The number of piperidine rings is 1. The van der Waals surface area contributed by atoms with Crippen molar-refractivity contribution in [2.75, 3.05) is 24.2 Å². The first-order chi connectivity index (χ1) is 13.9. The molecule has 2 heterocycles. The van der Waals surface area contributed by atoms with E-state index in [1.165, 1.54) is 29.2 Å². The summed E-state index contributed by atoms with van der Waals surface area (Å²) in [6.07, 6.45) is 4.19. The number of benzene rings is 1. The predicted octanol–water partition coefficient (Wildman–Crippen LogP) is 3.19. The van der Waals surface area contributed by atoms with E-state index < -0.39 is 10.0 Å². The third-order valence-corrected chi connectivity index (χ3v) is 7.37. The molecule has 1 fully saturated rings. The Labute approximate surface area is 175 Å². The summed E-state index contributed by atoms with van der Waals surface area (Å²) in [5, 5.41) is 3.24. The Morgan fingerprint density at radius 3 is 2.34 bits per heavy atom. The lowest BCUT2D eigenvalue weighted by molar-refractivity contribution is -0.114. The summed E-state index contributed by atoms with van der Waals surface area (Å²) < 4.78 is 26.8. The molecule has 1 aliphatic heterocycles. The number of hydrogen-bond acceptors (Lipinski definition) is 6. The zero-order valence-corrected chi connectivity index (χ0v) is 17.8. The van der Waals surface area contributed by atoms with Gasteiger partial charge in [0.15, 0.2) is 5.78 Å². The van der Waals surface area contributed by atoms with E-state index in [0.29, 0.717) is 29.4 Å². The van der Waals surface area contributed by atoms with Crippen LogP contribution >= 0.6 is 11.8 Å². The SMILES string of the molecule is CC(=O)Nc1ccc(C(=O)CSc2ccc(S(=O)(=O)N3CCCCC3)cn2)cc1. The highest BCUT2D eigenvalue weighted by atomic mass is 32.2. The van der Waals surface area contributed by atoms with Gasteiger partial charge in [0, 0.05) is 37.5 Å². The Morgan fingerprint density at radius 1 is 1.07 bits per heavy atom. The monoisotopic (exact) mass is 433 g/mol. The van der Waals surface area contributed by atoms with Gasteiger partial charge in [0.2, 0.25) is 15.9 Å². The largest absolute Gasteiger partial charge is 0.326 e. The van der Waals surface area contributed by atoms with E-state index in [2.05, 4.69) is 10.3 Å². The minimum absolute atomic E-state index is 0.0730. The Balaban J connectivity index is 1.58. The number of thioether (sulfide) groups is 1. The minimum Gasteiger partial charge on any atom is -0.326 e. The average Bonchev–Trinajstić information content (AvgIpc) is 2.73. The van der Waals surface area contributed by atoms with Crippen LogP contribution in [0.2, 0.25) is 0 Å². The molecule has 1 N–H and O–H groups in total. The first-order valence-electron chi connectivity index (χ1n) is 9.36. The molecule has 0 saturated carbocycles. The van der Waals surface area contributed by atoms with Gasteiger partial charge >= 0.3 is 0 Å². The van der Waals surface area contributed by atoms with E-state index in [9.17, 15) is 18.0 Å². The van der Waals surface area contributed by atoms with Gasteiger partial charge in [-0.1, -0.05) is 18.2 Å². The van der Waals surface area contributed by atoms with Crippen LogP contribution in [0.3, 0.4) is 0 Å². The average molecular weight is 434 g/mol. The number of aromatic nitrogens is 1. The van der Waals surface area contributed by atoms with Gasteiger partial charge in [0.1, 0.15) is 4.90 Å². The number of carbonyl (C=O) groups excluding carboxylic acids is 2. The molecule has 0 bridgehead atoms. The van der Waals surface area contributed by atoms with Crippen molar-refractivity contribution in [1.82, 2.24) is 9.29 Å². The molecule has 1 saturated heterocycles. The molecule has 1 aromatic heterocycles. The van der Waals surface area contributed by atoms with E-state index in [1.807, 2.05) is 0 Å². The van der Waals surface area contributed by atoms with Gasteiger partial charge in [-0.15, -0.1) is 0 Å². The first kappa shape index (κ1) is 21.5. The second-order valence-electron chi connectivity index (χ2n) is 6.77. The summed E-state index contributed by atoms with van der Waals surface area (Å²) >= 11 is 1.25. The van der Waals surface area contributed by atoms with Gasteiger partial charge in [-0.05, 0) is 49.2 Å². The molecule has 29 heavy (non-hydrogen) atoms. The number of nitrogens with one attached hydrogen (secondary N) is 1. The van der Waals surface area contributed by atoms with Crippen LogP contribution < -0.4 is 5.32 Å². The van der Waals surface area contributed by atoms with Crippen molar-refractivity contribution in [2.45, 2.75) is 36.1 Å². The lowest BCUT2D eigenvalue weighted by Gasteiger charge is -2.25. The van der Waals surface area contributed by atoms with Crippen molar-refractivity contribution < 1.29 is 18.0 Å². The van der Waals surface area contributed by atoms with Crippen molar-refractivity contribution in [3.63, 3.8) is 0 Å². The lowest BCUT2D eigenvalue weighted by atomic mass is 10.1. The molecule has 9 heteroatoms. The summed E-state index contributed by atoms with van der Waals surface area (Å²) in [5.41, 5.74) is 1.17. The smallest absolute Gasteiger partial charge is 0.244 e. The van der Waals surface area contributed by atoms with Crippen LogP contribution in [0.15, 0.2) is 52.5 Å². The second kappa shape index (κ2) is 9.51. The molecule has 0 atom stereocenters. The zero-order chi connectivity index (χ0) is 20.9.